The van der Waals surface area contributed by atoms with Gasteiger partial charge in [0, 0.05) is 30.9 Å². The zero-order chi connectivity index (χ0) is 41.7. The van der Waals surface area contributed by atoms with Crippen molar-refractivity contribution in [3.8, 4) is 0 Å². The van der Waals surface area contributed by atoms with Crippen LogP contribution in [-0.4, -0.2) is 97.6 Å². The van der Waals surface area contributed by atoms with E-state index in [2.05, 4.69) is 41.2 Å². The van der Waals surface area contributed by atoms with Crippen molar-refractivity contribution < 1.29 is 38.2 Å². The van der Waals surface area contributed by atoms with E-state index < -0.39 is 49.8 Å². The number of rotatable bonds is 11. The molecule has 1 saturated heterocycles. The van der Waals surface area contributed by atoms with Crippen LogP contribution in [0.25, 0.3) is 0 Å². The maximum atomic E-state index is 14.7. The number of ether oxygens (including phenoxy) is 2. The first-order valence-corrected chi connectivity index (χ1v) is 22.8. The van der Waals surface area contributed by atoms with Crippen molar-refractivity contribution in [3.05, 3.63) is 101 Å². The predicted octanol–water partition coefficient (Wildman–Crippen LogP) is 5.66. The molecule has 0 saturated carbocycles. The van der Waals surface area contributed by atoms with Gasteiger partial charge in [-0.3, -0.25) is 24.1 Å². The van der Waals surface area contributed by atoms with E-state index in [0.29, 0.717) is 34.6 Å². The lowest BCUT2D eigenvalue weighted by Gasteiger charge is -2.33. The fourth-order valence-electron chi connectivity index (χ4n) is 7.31. The molecule has 1 aliphatic heterocycles. The summed E-state index contributed by atoms with van der Waals surface area (Å²) in [5.74, 6) is -2.03. The van der Waals surface area contributed by atoms with Gasteiger partial charge in [0.05, 0.1) is 26.8 Å². The largest absolute Gasteiger partial charge is 0.465 e. The number of hydrogen-bond donors (Lipinski definition) is 3. The Labute approximate surface area is 335 Å². The van der Waals surface area contributed by atoms with E-state index in [9.17, 15) is 28.8 Å². The summed E-state index contributed by atoms with van der Waals surface area (Å²) >= 11 is 0. The van der Waals surface area contributed by atoms with E-state index >= 15 is 0 Å². The van der Waals surface area contributed by atoms with E-state index in [-0.39, 0.29) is 30.2 Å². The molecule has 1 heterocycles. The van der Waals surface area contributed by atoms with Crippen LogP contribution < -0.4 is 16.0 Å². The van der Waals surface area contributed by atoms with Crippen molar-refractivity contribution >= 4 is 49.5 Å². The van der Waals surface area contributed by atoms with Crippen molar-refractivity contribution in [2.75, 3.05) is 25.6 Å². The zero-order valence-electron chi connectivity index (χ0n) is 34.1. The van der Waals surface area contributed by atoms with Crippen molar-refractivity contribution in [3.63, 3.8) is 0 Å². The number of methoxy groups -OCH3 is 1. The summed E-state index contributed by atoms with van der Waals surface area (Å²) in [7, 11) is 0.703. The van der Waals surface area contributed by atoms with Gasteiger partial charge in [0.15, 0.2) is 0 Å². The van der Waals surface area contributed by atoms with Gasteiger partial charge in [-0.15, -0.1) is 0 Å². The highest BCUT2D eigenvalue weighted by molar-refractivity contribution is 6.79. The Balaban J connectivity index is 1.36. The summed E-state index contributed by atoms with van der Waals surface area (Å²) in [5.41, 5.74) is 3.40. The summed E-state index contributed by atoms with van der Waals surface area (Å²) < 4.78 is 10.2. The second kappa shape index (κ2) is 17.7. The van der Waals surface area contributed by atoms with Gasteiger partial charge >= 0.3 is 12.1 Å². The SMILES string of the molecule is COC(=O)c1ccc(C(=O)Nc2ccc(CC(NC(=O)C(C)N(C)C(=O)OC(C)(C)C)C(=O)N3C[Si](C)(C)CC3C(=O)NC3CCCc4ccccc43)cc2)cc1. The van der Waals surface area contributed by atoms with Crippen molar-refractivity contribution in [2.24, 2.45) is 0 Å². The Bertz CT molecular complexity index is 1980. The fourth-order valence-corrected chi connectivity index (χ4v) is 10.2. The quantitative estimate of drug-likeness (QED) is 0.165. The van der Waals surface area contributed by atoms with Gasteiger partial charge in [0.2, 0.25) is 17.7 Å². The molecule has 0 bridgehead atoms. The number of carbonyl (C=O) groups excluding carboxylic acids is 6. The lowest BCUT2D eigenvalue weighted by molar-refractivity contribution is -0.141. The molecule has 4 unspecified atom stereocenters. The van der Waals surface area contributed by atoms with Gasteiger partial charge in [-0.05, 0) is 106 Å². The Kier molecular flexibility index (Phi) is 13.3. The van der Waals surface area contributed by atoms with Gasteiger partial charge in [0.1, 0.15) is 23.7 Å². The van der Waals surface area contributed by atoms with Gasteiger partial charge in [-0.1, -0.05) is 49.5 Å². The van der Waals surface area contributed by atoms with Gasteiger partial charge in [-0.2, -0.15) is 0 Å². The van der Waals surface area contributed by atoms with E-state index in [4.69, 9.17) is 9.47 Å². The molecule has 2 aliphatic rings. The summed E-state index contributed by atoms with van der Waals surface area (Å²) in [5, 5.41) is 9.01. The third kappa shape index (κ3) is 10.9. The van der Waals surface area contributed by atoms with E-state index in [0.717, 1.165) is 24.8 Å². The molecule has 13 nitrogen and oxygen atoms in total. The maximum absolute atomic E-state index is 14.7. The van der Waals surface area contributed by atoms with E-state index in [1.54, 1.807) is 56.9 Å². The van der Waals surface area contributed by atoms with E-state index in [1.807, 2.05) is 12.1 Å². The van der Waals surface area contributed by atoms with Crippen molar-refractivity contribution in [1.29, 1.82) is 0 Å². The predicted molar refractivity (Wildman–Crippen MR) is 219 cm³/mol. The minimum absolute atomic E-state index is 0.0828. The van der Waals surface area contributed by atoms with Gasteiger partial charge in [0.25, 0.3) is 5.91 Å². The average molecular weight is 798 g/mol. The highest BCUT2D eigenvalue weighted by Crippen LogP contribution is 2.32. The third-order valence-electron chi connectivity index (χ3n) is 10.5. The molecule has 0 radical (unpaired) electrons. The number of benzene rings is 3. The topological polar surface area (TPSA) is 163 Å². The fraction of sp³-hybridized carbons (Fsp3) is 0.442. The van der Waals surface area contributed by atoms with Crippen LogP contribution in [0.2, 0.25) is 19.1 Å². The lowest BCUT2D eigenvalue weighted by Crippen LogP contribution is -2.57. The molecular weight excluding hydrogens is 743 g/mol. The minimum atomic E-state index is -2.05. The second-order valence-electron chi connectivity index (χ2n) is 16.8. The van der Waals surface area contributed by atoms with Crippen molar-refractivity contribution in [1.82, 2.24) is 20.4 Å². The molecule has 304 valence electrons. The smallest absolute Gasteiger partial charge is 0.410 e. The summed E-state index contributed by atoms with van der Waals surface area (Å²) in [6.07, 6.45) is 2.56. The number of nitrogens with zero attached hydrogens (tertiary/aromatic N) is 2. The highest BCUT2D eigenvalue weighted by Gasteiger charge is 2.47. The molecule has 14 heteroatoms. The molecule has 0 spiro atoms. The number of likely N-dealkylation sites (N-methyl/N-ethyl adjacent to an activating group) is 1. The molecule has 3 aromatic carbocycles. The summed E-state index contributed by atoms with van der Waals surface area (Å²) in [4.78, 5) is 83.1. The number of fused-ring (bicyclic) bond motifs is 1. The number of aryl methyl sites for hydroxylation is 1. The Morgan fingerprint density at radius 1 is 0.930 bits per heavy atom. The molecule has 3 aromatic rings. The summed E-state index contributed by atoms with van der Waals surface area (Å²) in [6, 6.07) is 18.8. The van der Waals surface area contributed by atoms with Crippen LogP contribution in [0.4, 0.5) is 10.5 Å². The number of carbonyl (C=O) groups is 6. The average Bonchev–Trinajstić information content (AvgIpc) is 3.51. The molecule has 3 N–H and O–H groups in total. The Hall–Kier alpha value is -5.50. The molecule has 1 aliphatic carbocycles. The molecular formula is C43H55N5O8Si. The summed E-state index contributed by atoms with van der Waals surface area (Å²) in [6.45, 7) is 11.1. The number of hydrogen-bond acceptors (Lipinski definition) is 8. The molecule has 5 amide bonds. The first-order chi connectivity index (χ1) is 26.9. The lowest BCUT2D eigenvalue weighted by atomic mass is 9.87. The van der Waals surface area contributed by atoms with Crippen LogP contribution in [0.15, 0.2) is 72.8 Å². The van der Waals surface area contributed by atoms with Crippen LogP contribution in [0.5, 0.6) is 0 Å². The Morgan fingerprint density at radius 2 is 1.58 bits per heavy atom. The van der Waals surface area contributed by atoms with Crippen LogP contribution >= 0.6 is 0 Å². The Morgan fingerprint density at radius 3 is 2.23 bits per heavy atom. The van der Waals surface area contributed by atoms with Crippen LogP contribution in [-0.2, 0) is 36.7 Å². The van der Waals surface area contributed by atoms with Gasteiger partial charge < -0.3 is 30.3 Å². The van der Waals surface area contributed by atoms with Crippen LogP contribution in [0.3, 0.4) is 0 Å². The second-order valence-corrected chi connectivity index (χ2v) is 21.8. The van der Waals surface area contributed by atoms with Crippen LogP contribution in [0, 0.1) is 0 Å². The number of esters is 1. The number of anilines is 1. The molecule has 0 aromatic heterocycles. The first kappa shape index (κ1) is 42.6. The van der Waals surface area contributed by atoms with Crippen molar-refractivity contribution in [2.45, 2.75) is 102 Å². The molecule has 4 atom stereocenters. The molecule has 1 fully saturated rings. The van der Waals surface area contributed by atoms with Gasteiger partial charge in [-0.25, -0.2) is 9.59 Å². The van der Waals surface area contributed by atoms with E-state index in [1.165, 1.54) is 48.9 Å². The highest BCUT2D eigenvalue weighted by atomic mass is 28.3. The molecule has 57 heavy (non-hydrogen) atoms. The zero-order valence-corrected chi connectivity index (χ0v) is 35.1. The number of nitrogens with one attached hydrogen (secondary N) is 3. The minimum Gasteiger partial charge on any atom is -0.465 e. The maximum Gasteiger partial charge on any atom is 0.410 e. The first-order valence-electron chi connectivity index (χ1n) is 19.4. The molecule has 5 rings (SSSR count). The third-order valence-corrected chi connectivity index (χ3v) is 13.2. The number of amides is 5. The monoisotopic (exact) mass is 797 g/mol. The standard InChI is InChI=1S/C43H55N5O8Si/c1-27(47(5)42(54)56-43(2,3)4)37(49)46-35(24-28-16-22-32(23-17-28)44-38(50)30-18-20-31(21-19-30)41(53)55-6)40(52)48-26-57(7,8)25-36(48)39(51)45-34-15-11-13-29-12-9-10-14-33(29)34/h9-10,12,14,16-23,27,34-36H,11,13,15,24-26H2,1-8H3,(H,44,50)(H,45,51)(H,46,49). The van der Waals surface area contributed by atoms with Crippen LogP contribution in [0.1, 0.15) is 84.0 Å². The normalized spacial score (nSPS) is 18.3.